The minimum absolute atomic E-state index is 0.522. The number of nitrogens with two attached hydrogens (primary N) is 1. The zero-order chi connectivity index (χ0) is 37.4. The third-order valence-corrected chi connectivity index (χ3v) is 12.6. The molecule has 9 aromatic rings. The summed E-state index contributed by atoms with van der Waals surface area (Å²) >= 11 is 1.85. The van der Waals surface area contributed by atoms with Crippen molar-refractivity contribution in [3.8, 4) is 56.5 Å². The van der Waals surface area contributed by atoms with Crippen molar-refractivity contribution in [1.29, 1.82) is 5.26 Å². The van der Waals surface area contributed by atoms with Crippen LogP contribution in [0.3, 0.4) is 0 Å². The number of fused-ring (bicyclic) bond motifs is 10. The van der Waals surface area contributed by atoms with Crippen molar-refractivity contribution in [1.82, 2.24) is 9.55 Å². The molecular weight excluding hydrogens is 701 g/mol. The zero-order valence-electron chi connectivity index (χ0n) is 30.1. The quantitative estimate of drug-likeness (QED) is 0.183. The highest BCUT2D eigenvalue weighted by molar-refractivity contribution is 7.99. The molecule has 1 aliphatic heterocycles. The summed E-state index contributed by atoms with van der Waals surface area (Å²) in [6.07, 6.45) is 0. The number of benzene rings is 8. The van der Waals surface area contributed by atoms with Crippen LogP contribution in [0.2, 0.25) is 0 Å². The van der Waals surface area contributed by atoms with E-state index in [0.717, 1.165) is 44.8 Å². The molecule has 2 aliphatic rings. The summed E-state index contributed by atoms with van der Waals surface area (Å²) in [7, 11) is 0. The molecule has 1 aliphatic carbocycles. The lowest BCUT2D eigenvalue weighted by atomic mass is 9.67. The Balaban J connectivity index is 1.15. The van der Waals surface area contributed by atoms with Crippen LogP contribution < -0.4 is 5.73 Å². The first-order chi connectivity index (χ1) is 27.6. The molecule has 0 saturated heterocycles. The highest BCUT2D eigenvalue weighted by Gasteiger charge is 2.50. The van der Waals surface area contributed by atoms with Gasteiger partial charge in [0.15, 0.2) is 0 Å². The van der Waals surface area contributed by atoms with Gasteiger partial charge < -0.3 is 5.73 Å². The lowest BCUT2D eigenvalue weighted by Gasteiger charge is -2.39. The van der Waals surface area contributed by atoms with Crippen LogP contribution in [0.5, 0.6) is 0 Å². The molecule has 5 heteroatoms. The van der Waals surface area contributed by atoms with Crippen molar-refractivity contribution in [2.75, 3.05) is 5.73 Å². The zero-order valence-corrected chi connectivity index (χ0v) is 31.0. The van der Waals surface area contributed by atoms with E-state index < -0.39 is 5.41 Å². The van der Waals surface area contributed by atoms with E-state index in [2.05, 4.69) is 162 Å². The van der Waals surface area contributed by atoms with Crippen LogP contribution in [0.4, 0.5) is 5.69 Å². The van der Waals surface area contributed by atoms with Gasteiger partial charge in [-0.25, -0.2) is 4.98 Å². The average molecular weight is 733 g/mol. The van der Waals surface area contributed by atoms with Gasteiger partial charge in [-0.15, -0.1) is 0 Å². The molecule has 1 aromatic heterocycles. The minimum Gasteiger partial charge on any atom is -0.399 e. The standard InChI is InChI=1S/C51H32N4S/c52-31-32-27-36(29-37(53)28-32)35-25-26-41-40(30-35)49-39(13-10-16-44(49)51(41)42-14-4-8-19-47(42)56-48-20-9-5-15-43(48)51)33-21-23-34(24-22-33)50-54-45-17-6-7-18-46(45)55(50)38-11-2-1-3-12-38/h1-30H,53H2. The summed E-state index contributed by atoms with van der Waals surface area (Å²) in [6.45, 7) is 0. The predicted molar refractivity (Wildman–Crippen MR) is 228 cm³/mol. The molecule has 2 heterocycles. The number of nitrogen functional groups attached to an aromatic ring is 1. The maximum atomic E-state index is 9.82. The molecule has 4 nitrogen and oxygen atoms in total. The number of hydrogen-bond donors (Lipinski definition) is 1. The molecular formula is C51H32N4S. The van der Waals surface area contributed by atoms with Crippen molar-refractivity contribution in [3.05, 3.63) is 210 Å². The van der Waals surface area contributed by atoms with Crippen LogP contribution in [0.15, 0.2) is 192 Å². The van der Waals surface area contributed by atoms with Crippen LogP contribution in [0, 0.1) is 11.3 Å². The van der Waals surface area contributed by atoms with Gasteiger partial charge in [0, 0.05) is 26.7 Å². The topological polar surface area (TPSA) is 67.6 Å². The maximum Gasteiger partial charge on any atom is 0.145 e. The van der Waals surface area contributed by atoms with Crippen molar-refractivity contribution >= 4 is 28.5 Å². The lowest BCUT2D eigenvalue weighted by molar-refractivity contribution is 0.722. The highest BCUT2D eigenvalue weighted by Crippen LogP contribution is 2.63. The Labute approximate surface area is 329 Å². The Morgan fingerprint density at radius 3 is 1.96 bits per heavy atom. The number of anilines is 1. The number of imidazole rings is 1. The summed E-state index contributed by atoms with van der Waals surface area (Å²) in [5.41, 5.74) is 22.8. The summed E-state index contributed by atoms with van der Waals surface area (Å²) in [5, 5.41) is 9.82. The fourth-order valence-corrected chi connectivity index (χ4v) is 10.3. The van der Waals surface area contributed by atoms with Crippen LogP contribution in [0.1, 0.15) is 27.8 Å². The second kappa shape index (κ2) is 12.5. The van der Waals surface area contributed by atoms with E-state index in [-0.39, 0.29) is 0 Å². The van der Waals surface area contributed by atoms with E-state index in [1.165, 1.54) is 48.7 Å². The number of hydrogen-bond acceptors (Lipinski definition) is 4. The third-order valence-electron chi connectivity index (χ3n) is 11.4. The van der Waals surface area contributed by atoms with Gasteiger partial charge >= 0.3 is 0 Å². The average Bonchev–Trinajstić information content (AvgIpc) is 3.78. The summed E-state index contributed by atoms with van der Waals surface area (Å²) in [5.74, 6) is 0.906. The molecule has 56 heavy (non-hydrogen) atoms. The molecule has 0 saturated carbocycles. The van der Waals surface area contributed by atoms with E-state index in [4.69, 9.17) is 10.7 Å². The van der Waals surface area contributed by atoms with Gasteiger partial charge in [0.05, 0.1) is 28.1 Å². The van der Waals surface area contributed by atoms with E-state index in [9.17, 15) is 5.26 Å². The Morgan fingerprint density at radius 2 is 1.20 bits per heavy atom. The second-order valence-corrected chi connectivity index (χ2v) is 15.5. The molecule has 0 radical (unpaired) electrons. The van der Waals surface area contributed by atoms with Crippen LogP contribution in [0.25, 0.3) is 61.5 Å². The Morgan fingerprint density at radius 1 is 0.536 bits per heavy atom. The van der Waals surface area contributed by atoms with E-state index in [0.29, 0.717) is 11.3 Å². The molecule has 11 rings (SSSR count). The number of rotatable bonds is 4. The Kier molecular flexibility index (Phi) is 7.19. The van der Waals surface area contributed by atoms with Gasteiger partial charge in [-0.05, 0) is 116 Å². The number of aromatic nitrogens is 2. The smallest absolute Gasteiger partial charge is 0.145 e. The largest absolute Gasteiger partial charge is 0.399 e. The molecule has 0 atom stereocenters. The molecule has 0 fully saturated rings. The Bertz CT molecular complexity index is 3040. The first-order valence-electron chi connectivity index (χ1n) is 18.7. The first-order valence-corrected chi connectivity index (χ1v) is 19.5. The molecule has 8 aromatic carbocycles. The monoisotopic (exact) mass is 732 g/mol. The number of nitriles is 1. The molecule has 1 spiro atoms. The van der Waals surface area contributed by atoms with E-state index in [1.54, 1.807) is 6.07 Å². The number of nitrogens with zero attached hydrogens (tertiary/aromatic N) is 3. The fraction of sp³-hybridized carbons (Fsp3) is 0.0196. The molecule has 0 amide bonds. The predicted octanol–water partition coefficient (Wildman–Crippen LogP) is 12.3. The first kappa shape index (κ1) is 32.3. The minimum atomic E-state index is -0.522. The van der Waals surface area contributed by atoms with Gasteiger partial charge in [0.1, 0.15) is 5.82 Å². The van der Waals surface area contributed by atoms with Crippen molar-refractivity contribution in [2.24, 2.45) is 0 Å². The summed E-state index contributed by atoms with van der Waals surface area (Å²) in [4.78, 5) is 7.67. The van der Waals surface area contributed by atoms with Gasteiger partial charge in [-0.3, -0.25) is 4.57 Å². The number of para-hydroxylation sites is 3. The van der Waals surface area contributed by atoms with Crippen LogP contribution in [-0.4, -0.2) is 9.55 Å². The molecule has 0 unspecified atom stereocenters. The SMILES string of the molecule is N#Cc1cc(N)cc(-c2ccc3c(c2)-c2c(-c4ccc(-c5nc6ccccc6n5-c5ccccc5)cc4)cccc2C32c3ccccc3Sc3ccccc32)c1. The maximum absolute atomic E-state index is 9.82. The fourth-order valence-electron chi connectivity index (χ4n) is 9.11. The van der Waals surface area contributed by atoms with Crippen LogP contribution >= 0.6 is 11.8 Å². The van der Waals surface area contributed by atoms with Crippen LogP contribution in [-0.2, 0) is 5.41 Å². The van der Waals surface area contributed by atoms with E-state index >= 15 is 0 Å². The van der Waals surface area contributed by atoms with Crippen molar-refractivity contribution < 1.29 is 0 Å². The Hall–Kier alpha value is -7.13. The highest BCUT2D eigenvalue weighted by atomic mass is 32.2. The van der Waals surface area contributed by atoms with E-state index in [1.807, 2.05) is 36.0 Å². The van der Waals surface area contributed by atoms with Gasteiger partial charge in [0.25, 0.3) is 0 Å². The second-order valence-electron chi connectivity index (χ2n) is 14.5. The normalized spacial score (nSPS) is 13.1. The van der Waals surface area contributed by atoms with Gasteiger partial charge in [-0.2, -0.15) is 5.26 Å². The summed E-state index contributed by atoms with van der Waals surface area (Å²) < 4.78 is 2.25. The lowest BCUT2D eigenvalue weighted by Crippen LogP contribution is -2.31. The van der Waals surface area contributed by atoms with Crippen molar-refractivity contribution in [3.63, 3.8) is 0 Å². The molecule has 0 bridgehead atoms. The molecule has 262 valence electrons. The molecule has 2 N–H and O–H groups in total. The van der Waals surface area contributed by atoms with Gasteiger partial charge in [-0.1, -0.05) is 133 Å². The third kappa shape index (κ3) is 4.70. The van der Waals surface area contributed by atoms with Gasteiger partial charge in [0.2, 0.25) is 0 Å². The van der Waals surface area contributed by atoms with Crippen molar-refractivity contribution in [2.45, 2.75) is 15.2 Å². The summed E-state index contributed by atoms with van der Waals surface area (Å²) in [6, 6.07) is 66.9.